The molecule has 0 heterocycles. The molecule has 0 aliphatic heterocycles. The number of carbonyl (C=O) groups is 1. The smallest absolute Gasteiger partial charge is 0.228 e. The average molecular weight is 250 g/mol. The van der Waals surface area contributed by atoms with Crippen molar-refractivity contribution in [2.45, 2.75) is 26.3 Å². The molecule has 0 saturated heterocycles. The number of rotatable bonds is 6. The first-order chi connectivity index (χ1) is 8.56. The summed E-state index contributed by atoms with van der Waals surface area (Å²) in [6.45, 7) is 4.30. The fourth-order valence-electron chi connectivity index (χ4n) is 1.56. The van der Waals surface area contributed by atoms with Crippen molar-refractivity contribution in [2.24, 2.45) is 11.7 Å². The van der Waals surface area contributed by atoms with Gasteiger partial charge in [-0.25, -0.2) is 0 Å². The van der Waals surface area contributed by atoms with E-state index in [1.807, 2.05) is 38.1 Å². The number of hydrogen-bond acceptors (Lipinski definition) is 3. The molecule has 0 fully saturated rings. The fraction of sp³-hybridized carbons (Fsp3) is 0.500. The minimum atomic E-state index is -0.208. The van der Waals surface area contributed by atoms with Gasteiger partial charge in [-0.05, 0) is 25.0 Å². The highest BCUT2D eigenvalue weighted by molar-refractivity contribution is 5.93. The minimum Gasteiger partial charge on any atom is -0.384 e. The first-order valence-electron chi connectivity index (χ1n) is 6.19. The molecule has 4 heteroatoms. The van der Waals surface area contributed by atoms with Crippen LogP contribution in [0.5, 0.6) is 0 Å². The zero-order valence-corrected chi connectivity index (χ0v) is 11.3. The number of carbonyl (C=O) groups excluding carboxylic acids is 1. The molecule has 3 N–H and O–H groups in total. The molecule has 0 radical (unpaired) electrons. The molecule has 1 aromatic rings. The van der Waals surface area contributed by atoms with Crippen molar-refractivity contribution >= 4 is 11.6 Å². The second-order valence-electron chi connectivity index (χ2n) is 4.54. The molecule has 1 aromatic carbocycles. The van der Waals surface area contributed by atoms with E-state index in [2.05, 4.69) is 5.32 Å². The van der Waals surface area contributed by atoms with Gasteiger partial charge in [-0.3, -0.25) is 4.79 Å². The second-order valence-corrected chi connectivity index (χ2v) is 4.54. The lowest BCUT2D eigenvalue weighted by Gasteiger charge is -2.17. The van der Waals surface area contributed by atoms with Gasteiger partial charge in [0.25, 0.3) is 0 Å². The van der Waals surface area contributed by atoms with Crippen LogP contribution in [0.3, 0.4) is 0 Å². The quantitative estimate of drug-likeness (QED) is 0.809. The Balaban J connectivity index is 2.74. The summed E-state index contributed by atoms with van der Waals surface area (Å²) >= 11 is 0. The number of para-hydroxylation sites is 1. The molecule has 0 aliphatic rings. The maximum Gasteiger partial charge on any atom is 0.228 e. The summed E-state index contributed by atoms with van der Waals surface area (Å²) in [5.74, 6) is -0.254. The van der Waals surface area contributed by atoms with Crippen LogP contribution in [0.1, 0.15) is 19.4 Å². The van der Waals surface area contributed by atoms with Crippen LogP contribution >= 0.6 is 0 Å². The van der Waals surface area contributed by atoms with Gasteiger partial charge >= 0.3 is 0 Å². The van der Waals surface area contributed by atoms with Crippen LogP contribution in [-0.4, -0.2) is 25.7 Å². The van der Waals surface area contributed by atoms with Gasteiger partial charge in [0.2, 0.25) is 5.91 Å². The predicted molar refractivity (Wildman–Crippen MR) is 73.5 cm³/mol. The molecule has 100 valence electrons. The van der Waals surface area contributed by atoms with Gasteiger partial charge < -0.3 is 15.8 Å². The van der Waals surface area contributed by atoms with E-state index in [0.29, 0.717) is 6.61 Å². The number of nitrogens with two attached hydrogens (primary N) is 1. The van der Waals surface area contributed by atoms with Crippen LogP contribution in [0.2, 0.25) is 0 Å². The van der Waals surface area contributed by atoms with Gasteiger partial charge in [0.15, 0.2) is 0 Å². The third-order valence-electron chi connectivity index (χ3n) is 3.05. The van der Waals surface area contributed by atoms with E-state index in [0.717, 1.165) is 17.7 Å². The number of benzene rings is 1. The summed E-state index contributed by atoms with van der Waals surface area (Å²) in [5, 5.41) is 2.93. The van der Waals surface area contributed by atoms with Gasteiger partial charge in [-0.1, -0.05) is 25.1 Å². The van der Waals surface area contributed by atoms with Crippen LogP contribution in [-0.2, 0) is 16.0 Å². The van der Waals surface area contributed by atoms with Crippen LogP contribution < -0.4 is 11.1 Å². The molecule has 0 aliphatic carbocycles. The van der Waals surface area contributed by atoms with E-state index in [9.17, 15) is 4.79 Å². The summed E-state index contributed by atoms with van der Waals surface area (Å²) in [4.78, 5) is 12.0. The van der Waals surface area contributed by atoms with Crippen molar-refractivity contribution in [3.8, 4) is 0 Å². The molecule has 1 amide bonds. The molecule has 18 heavy (non-hydrogen) atoms. The summed E-state index contributed by atoms with van der Waals surface area (Å²) in [6, 6.07) is 7.59. The zero-order chi connectivity index (χ0) is 13.5. The number of amides is 1. The Morgan fingerprint density at radius 2 is 2.06 bits per heavy atom. The minimum absolute atomic E-state index is 0.0464. The topological polar surface area (TPSA) is 64.3 Å². The molecule has 0 saturated carbocycles. The number of methoxy groups -OCH3 is 1. The van der Waals surface area contributed by atoms with Crippen molar-refractivity contribution in [3.63, 3.8) is 0 Å². The highest BCUT2D eigenvalue weighted by Crippen LogP contribution is 2.17. The Labute approximate surface area is 109 Å². The van der Waals surface area contributed by atoms with Gasteiger partial charge in [0, 0.05) is 18.8 Å². The SMILES string of the molecule is COCCc1ccccc1NC(=O)C(C)C(C)N. The van der Waals surface area contributed by atoms with Crippen LogP contribution in [0.4, 0.5) is 5.69 Å². The Bertz CT molecular complexity index is 391. The van der Waals surface area contributed by atoms with E-state index < -0.39 is 0 Å². The molecule has 2 unspecified atom stereocenters. The van der Waals surface area contributed by atoms with Gasteiger partial charge in [-0.2, -0.15) is 0 Å². The maximum atomic E-state index is 12.0. The number of anilines is 1. The van der Waals surface area contributed by atoms with Crippen LogP contribution in [0.25, 0.3) is 0 Å². The lowest BCUT2D eigenvalue weighted by Crippen LogP contribution is -2.34. The predicted octanol–water partition coefficient (Wildman–Crippen LogP) is 1.80. The van der Waals surface area contributed by atoms with E-state index >= 15 is 0 Å². The monoisotopic (exact) mass is 250 g/mol. The Kier molecular flexibility index (Phi) is 5.82. The highest BCUT2D eigenvalue weighted by atomic mass is 16.5. The molecule has 1 rings (SSSR count). The normalized spacial score (nSPS) is 14.0. The van der Waals surface area contributed by atoms with Crippen molar-refractivity contribution in [2.75, 3.05) is 19.0 Å². The molecule has 0 aromatic heterocycles. The zero-order valence-electron chi connectivity index (χ0n) is 11.3. The molecule has 4 nitrogen and oxygen atoms in total. The molecule has 0 bridgehead atoms. The first kappa shape index (κ1) is 14.7. The second kappa shape index (κ2) is 7.13. The average Bonchev–Trinajstić information content (AvgIpc) is 2.36. The standard InChI is InChI=1S/C14H22N2O2/c1-10(11(2)15)14(17)16-13-7-5-4-6-12(13)8-9-18-3/h4-7,10-11H,8-9,15H2,1-3H3,(H,16,17). The molecular formula is C14H22N2O2. The van der Waals surface area contributed by atoms with Gasteiger partial charge in [-0.15, -0.1) is 0 Å². The summed E-state index contributed by atoms with van der Waals surface area (Å²) < 4.78 is 5.06. The largest absolute Gasteiger partial charge is 0.384 e. The Hall–Kier alpha value is -1.39. The highest BCUT2D eigenvalue weighted by Gasteiger charge is 2.17. The Morgan fingerprint density at radius 1 is 1.39 bits per heavy atom. The van der Waals surface area contributed by atoms with Crippen LogP contribution in [0, 0.1) is 5.92 Å². The van der Waals surface area contributed by atoms with E-state index in [1.165, 1.54) is 0 Å². The summed E-state index contributed by atoms with van der Waals surface area (Å²) in [6.07, 6.45) is 0.777. The Morgan fingerprint density at radius 3 is 2.67 bits per heavy atom. The lowest BCUT2D eigenvalue weighted by atomic mass is 10.0. The van der Waals surface area contributed by atoms with Crippen molar-refractivity contribution in [1.82, 2.24) is 0 Å². The molecular weight excluding hydrogens is 228 g/mol. The van der Waals surface area contributed by atoms with Gasteiger partial charge in [0.05, 0.1) is 12.5 Å². The van der Waals surface area contributed by atoms with Crippen LogP contribution in [0.15, 0.2) is 24.3 Å². The lowest BCUT2D eigenvalue weighted by molar-refractivity contribution is -0.119. The van der Waals surface area contributed by atoms with Crippen molar-refractivity contribution in [1.29, 1.82) is 0 Å². The third-order valence-corrected chi connectivity index (χ3v) is 3.05. The van der Waals surface area contributed by atoms with E-state index in [-0.39, 0.29) is 17.9 Å². The van der Waals surface area contributed by atoms with E-state index in [1.54, 1.807) is 7.11 Å². The van der Waals surface area contributed by atoms with E-state index in [4.69, 9.17) is 10.5 Å². The fourth-order valence-corrected chi connectivity index (χ4v) is 1.56. The number of hydrogen-bond donors (Lipinski definition) is 2. The molecule has 2 atom stereocenters. The van der Waals surface area contributed by atoms with Gasteiger partial charge in [0.1, 0.15) is 0 Å². The summed E-state index contributed by atoms with van der Waals surface area (Å²) in [5.41, 5.74) is 7.64. The van der Waals surface area contributed by atoms with Crippen molar-refractivity contribution in [3.05, 3.63) is 29.8 Å². The maximum absolute atomic E-state index is 12.0. The number of nitrogens with one attached hydrogen (secondary N) is 1. The van der Waals surface area contributed by atoms with Crippen molar-refractivity contribution < 1.29 is 9.53 Å². The number of ether oxygens (including phenoxy) is 1. The molecule has 0 spiro atoms. The summed E-state index contributed by atoms with van der Waals surface area (Å²) in [7, 11) is 1.67. The third kappa shape index (κ3) is 4.13. The first-order valence-corrected chi connectivity index (χ1v) is 6.19.